The van der Waals surface area contributed by atoms with Crippen LogP contribution in [0.25, 0.3) is 0 Å². The molecule has 0 spiro atoms. The van der Waals surface area contributed by atoms with E-state index in [9.17, 15) is 21.6 Å². The van der Waals surface area contributed by atoms with Gasteiger partial charge in [0.05, 0.1) is 5.75 Å². The van der Waals surface area contributed by atoms with Crippen molar-refractivity contribution in [1.82, 2.24) is 0 Å². The summed E-state index contributed by atoms with van der Waals surface area (Å²) in [7, 11) is 1.03. The van der Waals surface area contributed by atoms with Gasteiger partial charge in [-0.05, 0) is 6.07 Å². The number of rotatable bonds is 4. The number of halogens is 4. The van der Waals surface area contributed by atoms with Crippen LogP contribution in [-0.2, 0) is 14.8 Å². The van der Waals surface area contributed by atoms with Gasteiger partial charge >= 0.3 is 6.61 Å². The summed E-state index contributed by atoms with van der Waals surface area (Å²) in [6, 6.07) is 2.73. The Kier molecular flexibility index (Phi) is 4.03. The third kappa shape index (κ3) is 4.28. The van der Waals surface area contributed by atoms with Crippen molar-refractivity contribution in [2.45, 2.75) is 12.4 Å². The highest BCUT2D eigenvalue weighted by molar-refractivity contribution is 8.13. The first-order chi connectivity index (χ1) is 7.28. The molecule has 0 heterocycles. The normalized spacial score (nSPS) is 11.8. The fraction of sp³-hybridized carbons (Fsp3) is 0.250. The number of hydrogen-bond acceptors (Lipinski definition) is 3. The lowest BCUT2D eigenvalue weighted by Crippen LogP contribution is -2.03. The van der Waals surface area contributed by atoms with Crippen LogP contribution in [0.5, 0.6) is 5.75 Å². The molecule has 0 N–H and O–H groups in total. The van der Waals surface area contributed by atoms with Crippen molar-refractivity contribution in [1.29, 1.82) is 0 Å². The molecule has 1 aromatic rings. The molecule has 0 saturated carbocycles. The van der Waals surface area contributed by atoms with Crippen molar-refractivity contribution < 1.29 is 26.3 Å². The van der Waals surface area contributed by atoms with Gasteiger partial charge in [-0.1, -0.05) is 6.07 Å². The summed E-state index contributed by atoms with van der Waals surface area (Å²) in [5.74, 6) is -2.07. The summed E-state index contributed by atoms with van der Waals surface area (Å²) >= 11 is 0. The summed E-state index contributed by atoms with van der Waals surface area (Å²) in [6.45, 7) is -3.07. The monoisotopic (exact) mass is 274 g/mol. The molecular weight excluding hydrogens is 269 g/mol. The Morgan fingerprint density at radius 2 is 2.00 bits per heavy atom. The third-order valence-electron chi connectivity index (χ3n) is 1.58. The van der Waals surface area contributed by atoms with Gasteiger partial charge in [0.1, 0.15) is 11.6 Å². The van der Waals surface area contributed by atoms with Gasteiger partial charge in [0.2, 0.25) is 9.05 Å². The van der Waals surface area contributed by atoms with Gasteiger partial charge in [0, 0.05) is 22.3 Å². The van der Waals surface area contributed by atoms with Crippen LogP contribution in [-0.4, -0.2) is 15.0 Å². The van der Waals surface area contributed by atoms with Crippen molar-refractivity contribution in [2.75, 3.05) is 0 Å². The SMILES string of the molecule is O=S(=O)(Cl)Cc1ccc(OC(F)F)cc1F. The molecule has 0 bridgehead atoms. The Bertz CT molecular complexity index is 475. The zero-order valence-corrected chi connectivity index (χ0v) is 9.23. The van der Waals surface area contributed by atoms with Gasteiger partial charge in [-0.2, -0.15) is 8.78 Å². The smallest absolute Gasteiger partial charge is 0.387 e. The van der Waals surface area contributed by atoms with Crippen LogP contribution >= 0.6 is 10.7 Å². The zero-order valence-electron chi connectivity index (χ0n) is 7.66. The van der Waals surface area contributed by atoms with E-state index in [1.807, 2.05) is 0 Å². The zero-order chi connectivity index (χ0) is 12.3. The Morgan fingerprint density at radius 1 is 1.38 bits per heavy atom. The highest BCUT2D eigenvalue weighted by atomic mass is 35.7. The van der Waals surface area contributed by atoms with E-state index in [4.69, 9.17) is 10.7 Å². The number of hydrogen-bond donors (Lipinski definition) is 0. The first kappa shape index (κ1) is 13.1. The van der Waals surface area contributed by atoms with E-state index in [-0.39, 0.29) is 11.3 Å². The van der Waals surface area contributed by atoms with Crippen LogP contribution in [0, 0.1) is 5.82 Å². The molecule has 3 nitrogen and oxygen atoms in total. The second-order valence-corrected chi connectivity index (χ2v) is 5.59. The van der Waals surface area contributed by atoms with E-state index in [1.165, 1.54) is 0 Å². The van der Waals surface area contributed by atoms with E-state index >= 15 is 0 Å². The molecule has 0 fully saturated rings. The molecule has 0 unspecified atom stereocenters. The quantitative estimate of drug-likeness (QED) is 0.792. The topological polar surface area (TPSA) is 43.4 Å². The first-order valence-electron chi connectivity index (χ1n) is 3.93. The summed E-state index contributed by atoms with van der Waals surface area (Å²) in [5, 5.41) is 0. The van der Waals surface area contributed by atoms with Crippen molar-refractivity contribution in [3.63, 3.8) is 0 Å². The Morgan fingerprint density at radius 3 is 2.44 bits per heavy atom. The lowest BCUT2D eigenvalue weighted by Gasteiger charge is -2.06. The maximum Gasteiger partial charge on any atom is 0.387 e. The Hall–Kier alpha value is -0.950. The fourth-order valence-corrected chi connectivity index (χ4v) is 1.97. The molecule has 8 heteroatoms. The third-order valence-corrected chi connectivity index (χ3v) is 2.56. The van der Waals surface area contributed by atoms with Crippen LogP contribution in [0.2, 0.25) is 0 Å². The van der Waals surface area contributed by atoms with Gasteiger partial charge in [-0.3, -0.25) is 0 Å². The Labute approximate surface area is 94.2 Å². The van der Waals surface area contributed by atoms with Crippen molar-refractivity contribution in [3.8, 4) is 5.75 Å². The largest absolute Gasteiger partial charge is 0.435 e. The highest BCUT2D eigenvalue weighted by Gasteiger charge is 2.13. The molecule has 0 aromatic heterocycles. The van der Waals surface area contributed by atoms with Crippen LogP contribution in [0.4, 0.5) is 13.2 Å². The molecule has 1 aromatic carbocycles. The van der Waals surface area contributed by atoms with E-state index in [2.05, 4.69) is 4.74 Å². The van der Waals surface area contributed by atoms with Gasteiger partial charge < -0.3 is 4.74 Å². The summed E-state index contributed by atoms with van der Waals surface area (Å²) in [6.07, 6.45) is 0. The minimum Gasteiger partial charge on any atom is -0.435 e. The summed E-state index contributed by atoms with van der Waals surface area (Å²) in [4.78, 5) is 0. The van der Waals surface area contributed by atoms with E-state index < -0.39 is 27.2 Å². The highest BCUT2D eigenvalue weighted by Crippen LogP contribution is 2.20. The van der Waals surface area contributed by atoms with Crippen molar-refractivity contribution in [3.05, 3.63) is 29.6 Å². The molecule has 1 rings (SSSR count). The average molecular weight is 275 g/mol. The Balaban J connectivity index is 2.92. The second kappa shape index (κ2) is 4.92. The molecule has 0 atom stereocenters. The maximum atomic E-state index is 13.2. The molecule has 0 aliphatic heterocycles. The molecule has 16 heavy (non-hydrogen) atoms. The number of benzene rings is 1. The minimum absolute atomic E-state index is 0.211. The standard InChI is InChI=1S/C8H6ClF3O3S/c9-16(13,14)4-5-1-2-6(3-7(5)10)15-8(11)12/h1-3,8H,4H2. The van der Waals surface area contributed by atoms with Crippen LogP contribution < -0.4 is 4.74 Å². The summed E-state index contributed by atoms with van der Waals surface area (Å²) < 4.78 is 62.0. The molecular formula is C8H6ClF3O3S. The van der Waals surface area contributed by atoms with Crippen molar-refractivity contribution >= 4 is 19.7 Å². The van der Waals surface area contributed by atoms with Gasteiger partial charge in [0.25, 0.3) is 0 Å². The predicted octanol–water partition coefficient (Wildman–Crippen LogP) is 2.50. The van der Waals surface area contributed by atoms with Gasteiger partial charge in [0.15, 0.2) is 0 Å². The minimum atomic E-state index is -3.89. The van der Waals surface area contributed by atoms with E-state index in [0.29, 0.717) is 6.07 Å². The first-order valence-corrected chi connectivity index (χ1v) is 6.41. The average Bonchev–Trinajstić information content (AvgIpc) is 2.06. The molecule has 0 saturated heterocycles. The lowest BCUT2D eigenvalue weighted by molar-refractivity contribution is -0.0500. The van der Waals surface area contributed by atoms with Gasteiger partial charge in [-0.15, -0.1) is 0 Å². The fourth-order valence-electron chi connectivity index (χ4n) is 1.01. The van der Waals surface area contributed by atoms with E-state index in [0.717, 1.165) is 12.1 Å². The molecule has 90 valence electrons. The summed E-state index contributed by atoms with van der Waals surface area (Å²) in [5.41, 5.74) is -0.211. The maximum absolute atomic E-state index is 13.2. The predicted molar refractivity (Wildman–Crippen MR) is 51.5 cm³/mol. The van der Waals surface area contributed by atoms with Gasteiger partial charge in [-0.25, -0.2) is 12.8 Å². The molecule has 0 aliphatic carbocycles. The lowest BCUT2D eigenvalue weighted by atomic mass is 10.2. The molecule has 0 amide bonds. The molecule has 0 aliphatic rings. The van der Waals surface area contributed by atoms with Crippen LogP contribution in [0.1, 0.15) is 5.56 Å². The molecule has 0 radical (unpaired) electrons. The van der Waals surface area contributed by atoms with Crippen LogP contribution in [0.3, 0.4) is 0 Å². The second-order valence-electron chi connectivity index (χ2n) is 2.81. The van der Waals surface area contributed by atoms with Crippen LogP contribution in [0.15, 0.2) is 18.2 Å². The van der Waals surface area contributed by atoms with E-state index in [1.54, 1.807) is 0 Å². The van der Waals surface area contributed by atoms with Crippen molar-refractivity contribution in [2.24, 2.45) is 0 Å². The number of ether oxygens (including phenoxy) is 1. The number of alkyl halides is 2.